The van der Waals surface area contributed by atoms with Gasteiger partial charge < -0.3 is 34.3 Å². The van der Waals surface area contributed by atoms with E-state index in [0.717, 1.165) is 0 Å². The largest absolute Gasteiger partial charge is 1.00 e. The van der Waals surface area contributed by atoms with Gasteiger partial charge in [0.25, 0.3) is 0 Å². The maximum atomic E-state index is 0. The Morgan fingerprint density at radius 3 is 0.571 bits per heavy atom. The average Bonchev–Trinajstić information content (AvgIpc) is 0. The van der Waals surface area contributed by atoms with E-state index in [1.54, 1.807) is 0 Å². The zero-order valence-electron chi connectivity index (χ0n) is 3.14. The van der Waals surface area contributed by atoms with Gasteiger partial charge in [0.1, 0.15) is 0 Å². The van der Waals surface area contributed by atoms with Crippen LogP contribution in [0.25, 0.3) is 0 Å². The van der Waals surface area contributed by atoms with E-state index in [-0.39, 0.29) is 95.3 Å². The third-order valence-electron chi connectivity index (χ3n) is 0. The Morgan fingerprint density at radius 1 is 0.571 bits per heavy atom. The van der Waals surface area contributed by atoms with Gasteiger partial charge in [-0.05, 0) is 0 Å². The minimum absolute atomic E-state index is 0. The van der Waals surface area contributed by atoms with Crippen LogP contribution in [0.3, 0.4) is 0 Å². The molecule has 0 aliphatic heterocycles. The Bertz CT molecular complexity index is 11.7. The first-order chi connectivity index (χ1) is 0. The minimum Gasteiger partial charge on any atom is -1.00 e. The monoisotopic (exact) mass is 449 g/mol. The molecule has 8 N–H and O–H groups in total. The van der Waals surface area contributed by atoms with Gasteiger partial charge in [-0.1, -0.05) is 0 Å². The summed E-state index contributed by atoms with van der Waals surface area (Å²) in [4.78, 5) is 0. The molecule has 7 heavy (non-hydrogen) atoms. The van der Waals surface area contributed by atoms with E-state index < -0.39 is 0 Å². The van der Waals surface area contributed by atoms with Crippen LogP contribution in [-0.4, -0.2) is 21.9 Å². The molecule has 0 atom stereocenters. The van der Waals surface area contributed by atoms with E-state index in [4.69, 9.17) is 0 Å². The quantitative estimate of drug-likeness (QED) is 0.350. The molecule has 54 valence electrons. The van der Waals surface area contributed by atoms with Crippen LogP contribution in [0, 0.1) is 39.9 Å². The standard InChI is InChI=1S/ClH.Gd.4H2O.W/h1H;;4*1H2;/p-1. The summed E-state index contributed by atoms with van der Waals surface area (Å²) >= 11 is 0. The summed E-state index contributed by atoms with van der Waals surface area (Å²) in [5, 5.41) is 0. The summed E-state index contributed by atoms with van der Waals surface area (Å²) in [5.41, 5.74) is 0. The molecule has 0 aromatic heterocycles. The van der Waals surface area contributed by atoms with Crippen LogP contribution >= 0.6 is 0 Å². The molecule has 0 spiro atoms. The van der Waals surface area contributed by atoms with Crippen molar-refractivity contribution in [3.8, 4) is 0 Å². The van der Waals surface area contributed by atoms with Crippen molar-refractivity contribution in [3.05, 3.63) is 0 Å². The predicted molar refractivity (Wildman–Crippen MR) is 14.5 cm³/mol. The van der Waals surface area contributed by atoms with Gasteiger partial charge in [-0.2, -0.15) is 0 Å². The second-order valence-corrected chi connectivity index (χ2v) is 0. The molecule has 0 bridgehead atoms. The predicted octanol–water partition coefficient (Wildman–Crippen LogP) is -6.30. The molecule has 7 heteroatoms. The van der Waals surface area contributed by atoms with E-state index in [0.29, 0.717) is 0 Å². The zero-order valence-corrected chi connectivity index (χ0v) is 9.10. The van der Waals surface area contributed by atoms with Gasteiger partial charge in [0, 0.05) is 61.0 Å². The van der Waals surface area contributed by atoms with Gasteiger partial charge in [-0.15, -0.1) is 0 Å². The van der Waals surface area contributed by atoms with E-state index in [2.05, 4.69) is 0 Å². The molecule has 0 aliphatic rings. The minimum atomic E-state index is 0. The number of rotatable bonds is 0. The van der Waals surface area contributed by atoms with Gasteiger partial charge in [-0.25, -0.2) is 0 Å². The van der Waals surface area contributed by atoms with Gasteiger partial charge in [-0.3, -0.25) is 0 Å². The van der Waals surface area contributed by atoms with E-state index in [1.165, 1.54) is 0 Å². The second kappa shape index (κ2) is 90.5. The topological polar surface area (TPSA) is 126 Å². The molecular weight excluding hydrogens is 441 g/mol. The van der Waals surface area contributed by atoms with Crippen molar-refractivity contribution in [2.75, 3.05) is 0 Å². The van der Waals surface area contributed by atoms with Crippen LogP contribution < -0.4 is 12.4 Å². The molecule has 0 amide bonds. The molecule has 0 aromatic carbocycles. The molecule has 0 aromatic rings. The SMILES string of the molecule is O.O.O.O.[Cl-].[Gd].[W]. The summed E-state index contributed by atoms with van der Waals surface area (Å²) in [7, 11) is 0. The molecule has 0 saturated heterocycles. The molecule has 4 nitrogen and oxygen atoms in total. The van der Waals surface area contributed by atoms with Gasteiger partial charge >= 0.3 is 0 Å². The normalized spacial score (nSPS) is 0. The Balaban J connectivity index is 0. The van der Waals surface area contributed by atoms with Crippen LogP contribution in [0.15, 0.2) is 0 Å². The Hall–Kier alpha value is 2.14. The Labute approximate surface area is 94.0 Å². The molecule has 0 heterocycles. The van der Waals surface area contributed by atoms with Gasteiger partial charge in [0.15, 0.2) is 0 Å². The number of halogens is 1. The molecule has 0 aliphatic carbocycles. The summed E-state index contributed by atoms with van der Waals surface area (Å²) in [6.07, 6.45) is 0. The first-order valence-corrected chi connectivity index (χ1v) is 0. The van der Waals surface area contributed by atoms with Crippen molar-refractivity contribution in [1.82, 2.24) is 0 Å². The fourth-order valence-electron chi connectivity index (χ4n) is 0. The smallest absolute Gasteiger partial charge is 0 e. The molecule has 0 fully saturated rings. The fourth-order valence-corrected chi connectivity index (χ4v) is 0. The molecule has 0 radical (unpaired) electrons. The third kappa shape index (κ3) is 66.9. The molecule has 0 rings (SSSR count). The zero-order chi connectivity index (χ0) is 0. The van der Waals surface area contributed by atoms with Crippen LogP contribution in [-0.2, 0) is 21.1 Å². The van der Waals surface area contributed by atoms with Crippen LogP contribution in [0.4, 0.5) is 0 Å². The van der Waals surface area contributed by atoms with Gasteiger partial charge in [0.2, 0.25) is 0 Å². The van der Waals surface area contributed by atoms with Crippen LogP contribution in [0.5, 0.6) is 0 Å². The van der Waals surface area contributed by atoms with E-state index >= 15 is 0 Å². The van der Waals surface area contributed by atoms with Crippen molar-refractivity contribution >= 4 is 0 Å². The average molecular weight is 449 g/mol. The number of hydrogen-bond acceptors (Lipinski definition) is 0. The maximum absolute atomic E-state index is 0. The van der Waals surface area contributed by atoms with E-state index in [1.807, 2.05) is 0 Å². The summed E-state index contributed by atoms with van der Waals surface area (Å²) < 4.78 is 0. The van der Waals surface area contributed by atoms with Crippen LogP contribution in [0.1, 0.15) is 0 Å². The van der Waals surface area contributed by atoms with Gasteiger partial charge in [0.05, 0.1) is 0 Å². The Kier molecular flexibility index (Phi) is 1710. The first-order valence-electron chi connectivity index (χ1n) is 0. The Morgan fingerprint density at radius 2 is 0.571 bits per heavy atom. The number of hydrogen-bond donors (Lipinski definition) is 0. The third-order valence-corrected chi connectivity index (χ3v) is 0. The summed E-state index contributed by atoms with van der Waals surface area (Å²) in [6, 6.07) is 0. The van der Waals surface area contributed by atoms with Crippen molar-refractivity contribution in [2.24, 2.45) is 0 Å². The first kappa shape index (κ1) is 132. The van der Waals surface area contributed by atoms with Crippen molar-refractivity contribution in [1.29, 1.82) is 0 Å². The van der Waals surface area contributed by atoms with Crippen LogP contribution in [0.2, 0.25) is 0 Å². The molecular formula is H8ClGdO4W-. The summed E-state index contributed by atoms with van der Waals surface area (Å²) in [5.74, 6) is 0. The fraction of sp³-hybridized carbons (Fsp3) is 0. The van der Waals surface area contributed by atoms with Crippen molar-refractivity contribution < 1.29 is 95.3 Å². The second-order valence-electron chi connectivity index (χ2n) is 0. The van der Waals surface area contributed by atoms with Crippen molar-refractivity contribution in [2.45, 2.75) is 0 Å². The molecule has 0 saturated carbocycles. The van der Waals surface area contributed by atoms with Crippen molar-refractivity contribution in [3.63, 3.8) is 0 Å². The molecule has 0 unspecified atom stereocenters. The maximum Gasteiger partial charge on any atom is 0 e. The summed E-state index contributed by atoms with van der Waals surface area (Å²) in [6.45, 7) is 0. The van der Waals surface area contributed by atoms with E-state index in [9.17, 15) is 0 Å².